The van der Waals surface area contributed by atoms with Crippen LogP contribution in [0.5, 0.6) is 0 Å². The summed E-state index contributed by atoms with van der Waals surface area (Å²) in [5.41, 5.74) is 0.750. The molecule has 0 spiro atoms. The summed E-state index contributed by atoms with van der Waals surface area (Å²) in [5.74, 6) is -0.470. The fourth-order valence-corrected chi connectivity index (χ4v) is 4.42. The molecule has 11 heteroatoms. The maximum Gasteiger partial charge on any atom is 0.416 e. The van der Waals surface area contributed by atoms with Gasteiger partial charge < -0.3 is 33.5 Å². The van der Waals surface area contributed by atoms with E-state index in [1.54, 1.807) is 6.07 Å². The molecule has 5 rings (SSSR count). The average Bonchev–Trinajstić information content (AvgIpc) is 3.46. The normalized spacial score (nSPS) is 27.5. The number of cyclic esters (lactones) is 1. The van der Waals surface area contributed by atoms with E-state index in [0.717, 1.165) is 0 Å². The molecule has 3 saturated heterocycles. The first-order chi connectivity index (χ1) is 15.0. The lowest BCUT2D eigenvalue weighted by Gasteiger charge is -2.38. The maximum atomic E-state index is 15.9. The summed E-state index contributed by atoms with van der Waals surface area (Å²) in [6, 6.07) is 1.69. The molecule has 0 bridgehead atoms. The van der Waals surface area contributed by atoms with E-state index in [4.69, 9.17) is 23.5 Å². The Bertz CT molecular complexity index is 983. The van der Waals surface area contributed by atoms with Gasteiger partial charge in [0.1, 0.15) is 6.10 Å². The molecule has 3 aliphatic rings. The highest BCUT2D eigenvalue weighted by Crippen LogP contribution is 2.42. The standard InChI is InChI=1S/C20H24FN3O7/c1-10-6-23(7-11(2)29-10)16-13(19-27-3-4-28-19)5-14-17(15(16)21)31-22-18(14)24-8-12(9-25)30-20(24)26/h5,10-12,19,25H,3-4,6-9H2,1-2H3/t10-,11-,12+/m1/s1. The lowest BCUT2D eigenvalue weighted by Crippen LogP contribution is -2.46. The predicted molar refractivity (Wildman–Crippen MR) is 106 cm³/mol. The molecule has 168 valence electrons. The third kappa shape index (κ3) is 3.51. The molecule has 2 aromatic rings. The molecule has 10 nitrogen and oxygen atoms in total. The highest BCUT2D eigenvalue weighted by molar-refractivity contribution is 6.00. The van der Waals surface area contributed by atoms with Crippen molar-refractivity contribution in [1.82, 2.24) is 5.16 Å². The topological polar surface area (TPSA) is 107 Å². The molecule has 0 aliphatic carbocycles. The molecule has 0 saturated carbocycles. The number of hydrogen-bond acceptors (Lipinski definition) is 9. The molecule has 0 unspecified atom stereocenters. The first kappa shape index (κ1) is 20.4. The van der Waals surface area contributed by atoms with Crippen LogP contribution in [0.3, 0.4) is 0 Å². The zero-order valence-electron chi connectivity index (χ0n) is 17.2. The summed E-state index contributed by atoms with van der Waals surface area (Å²) in [5, 5.41) is 13.6. The van der Waals surface area contributed by atoms with Gasteiger partial charge in [0.25, 0.3) is 0 Å². The largest absolute Gasteiger partial charge is 0.441 e. The second-order valence-electron chi connectivity index (χ2n) is 8.05. The first-order valence-electron chi connectivity index (χ1n) is 10.3. The van der Waals surface area contributed by atoms with Gasteiger partial charge in [0.05, 0.1) is 49.6 Å². The fourth-order valence-electron chi connectivity index (χ4n) is 4.42. The molecular weight excluding hydrogens is 413 g/mol. The molecule has 3 aliphatic heterocycles. The molecule has 31 heavy (non-hydrogen) atoms. The molecule has 3 atom stereocenters. The third-order valence-corrected chi connectivity index (χ3v) is 5.63. The Kier molecular flexibility index (Phi) is 5.21. The predicted octanol–water partition coefficient (Wildman–Crippen LogP) is 1.94. The molecule has 4 heterocycles. The minimum absolute atomic E-state index is 0.0706. The van der Waals surface area contributed by atoms with Crippen molar-refractivity contribution in [1.29, 1.82) is 0 Å². The quantitative estimate of drug-likeness (QED) is 0.768. The van der Waals surface area contributed by atoms with Crippen LogP contribution in [-0.4, -0.2) is 74.1 Å². The summed E-state index contributed by atoms with van der Waals surface area (Å²) >= 11 is 0. The number of halogens is 1. The SMILES string of the molecule is C[C@@H]1CN(c2c(C3OCCO3)cc3c(N4C[C@@H](CO)OC4=O)noc3c2F)C[C@@H](C)O1. The third-order valence-electron chi connectivity index (χ3n) is 5.63. The number of benzene rings is 1. The van der Waals surface area contributed by atoms with Crippen LogP contribution in [-0.2, 0) is 18.9 Å². The van der Waals surface area contributed by atoms with Gasteiger partial charge in [-0.05, 0) is 19.9 Å². The number of fused-ring (bicyclic) bond motifs is 1. The number of carbonyl (C=O) groups is 1. The number of aliphatic hydroxyl groups excluding tert-OH is 1. The van der Waals surface area contributed by atoms with E-state index >= 15 is 4.39 Å². The zero-order chi connectivity index (χ0) is 21.7. The van der Waals surface area contributed by atoms with Gasteiger partial charge in [-0.3, -0.25) is 4.90 Å². The lowest BCUT2D eigenvalue weighted by molar-refractivity contribution is -0.0445. The number of morpholine rings is 1. The summed E-state index contributed by atoms with van der Waals surface area (Å²) in [7, 11) is 0. The Morgan fingerprint density at radius 1 is 1.19 bits per heavy atom. The van der Waals surface area contributed by atoms with Gasteiger partial charge in [-0.2, -0.15) is 0 Å². The van der Waals surface area contributed by atoms with Crippen LogP contribution in [0.2, 0.25) is 0 Å². The Morgan fingerprint density at radius 3 is 2.55 bits per heavy atom. The highest BCUT2D eigenvalue weighted by atomic mass is 19.1. The van der Waals surface area contributed by atoms with Crippen LogP contribution in [0.1, 0.15) is 25.7 Å². The number of rotatable bonds is 4. The lowest BCUT2D eigenvalue weighted by atomic mass is 10.0. The van der Waals surface area contributed by atoms with E-state index < -0.39 is 24.3 Å². The van der Waals surface area contributed by atoms with E-state index in [2.05, 4.69) is 5.16 Å². The van der Waals surface area contributed by atoms with Crippen molar-refractivity contribution in [2.45, 2.75) is 38.4 Å². The Hall–Kier alpha value is -2.47. The Labute approximate surface area is 177 Å². The number of hydrogen-bond donors (Lipinski definition) is 1. The smallest absolute Gasteiger partial charge is 0.416 e. The highest BCUT2D eigenvalue weighted by Gasteiger charge is 2.38. The van der Waals surface area contributed by atoms with Gasteiger partial charge in [-0.1, -0.05) is 5.16 Å². The van der Waals surface area contributed by atoms with Crippen LogP contribution in [0.25, 0.3) is 11.0 Å². The first-order valence-corrected chi connectivity index (χ1v) is 10.3. The molecular formula is C20H24FN3O7. The summed E-state index contributed by atoms with van der Waals surface area (Å²) in [6.45, 7) is 5.41. The Morgan fingerprint density at radius 2 is 1.90 bits per heavy atom. The molecule has 0 radical (unpaired) electrons. The van der Waals surface area contributed by atoms with E-state index in [1.807, 2.05) is 18.7 Å². The molecule has 1 aromatic heterocycles. The number of aromatic nitrogens is 1. The van der Waals surface area contributed by atoms with Gasteiger partial charge >= 0.3 is 6.09 Å². The molecule has 3 fully saturated rings. The van der Waals surface area contributed by atoms with Gasteiger partial charge in [0, 0.05) is 18.7 Å². The van der Waals surface area contributed by atoms with Crippen molar-refractivity contribution < 1.29 is 37.8 Å². The second kappa shape index (κ2) is 7.90. The number of amides is 1. The van der Waals surface area contributed by atoms with Crippen LogP contribution in [0.15, 0.2) is 10.6 Å². The van der Waals surface area contributed by atoms with Crippen molar-refractivity contribution in [3.63, 3.8) is 0 Å². The summed E-state index contributed by atoms with van der Waals surface area (Å²) in [4.78, 5) is 15.4. The number of anilines is 2. The van der Waals surface area contributed by atoms with Crippen molar-refractivity contribution in [3.05, 3.63) is 17.4 Å². The van der Waals surface area contributed by atoms with E-state index in [-0.39, 0.29) is 36.8 Å². The fraction of sp³-hybridized carbons (Fsp3) is 0.600. The number of aliphatic hydroxyl groups is 1. The molecule has 1 N–H and O–H groups in total. The van der Waals surface area contributed by atoms with Crippen LogP contribution in [0.4, 0.5) is 20.7 Å². The van der Waals surface area contributed by atoms with E-state index in [0.29, 0.717) is 42.9 Å². The maximum absolute atomic E-state index is 15.9. The average molecular weight is 437 g/mol. The number of carbonyl (C=O) groups excluding carboxylic acids is 1. The van der Waals surface area contributed by atoms with Gasteiger partial charge in [-0.15, -0.1) is 0 Å². The van der Waals surface area contributed by atoms with Gasteiger partial charge in [0.15, 0.2) is 17.9 Å². The summed E-state index contributed by atoms with van der Waals surface area (Å²) in [6.07, 6.45) is -2.28. The van der Waals surface area contributed by atoms with Gasteiger partial charge in [-0.25, -0.2) is 9.18 Å². The van der Waals surface area contributed by atoms with Crippen molar-refractivity contribution in [2.75, 3.05) is 49.3 Å². The van der Waals surface area contributed by atoms with Crippen molar-refractivity contribution >= 4 is 28.6 Å². The zero-order valence-corrected chi connectivity index (χ0v) is 17.2. The molecule has 1 amide bonds. The van der Waals surface area contributed by atoms with E-state index in [9.17, 15) is 9.90 Å². The van der Waals surface area contributed by atoms with Gasteiger partial charge in [0.2, 0.25) is 5.58 Å². The number of nitrogens with zero attached hydrogens (tertiary/aromatic N) is 3. The number of ether oxygens (including phenoxy) is 4. The van der Waals surface area contributed by atoms with E-state index in [1.165, 1.54) is 4.90 Å². The second-order valence-corrected chi connectivity index (χ2v) is 8.05. The van der Waals surface area contributed by atoms with Crippen LogP contribution < -0.4 is 9.80 Å². The van der Waals surface area contributed by atoms with Crippen LogP contribution in [0, 0.1) is 5.82 Å². The minimum Gasteiger partial charge on any atom is -0.441 e. The Balaban J connectivity index is 1.63. The monoisotopic (exact) mass is 437 g/mol. The van der Waals surface area contributed by atoms with Crippen molar-refractivity contribution in [2.24, 2.45) is 0 Å². The summed E-state index contributed by atoms with van der Waals surface area (Å²) < 4.78 is 43.5. The van der Waals surface area contributed by atoms with Crippen molar-refractivity contribution in [3.8, 4) is 0 Å². The van der Waals surface area contributed by atoms with Crippen LogP contribution >= 0.6 is 0 Å². The molecule has 1 aromatic carbocycles. The minimum atomic E-state index is -0.749.